The molecule has 88 valence electrons. The van der Waals surface area contributed by atoms with Crippen molar-refractivity contribution in [3.8, 4) is 17.1 Å². The average molecular weight is 295 g/mol. The van der Waals surface area contributed by atoms with E-state index >= 15 is 0 Å². The van der Waals surface area contributed by atoms with Crippen LogP contribution in [0.15, 0.2) is 44.0 Å². The van der Waals surface area contributed by atoms with Gasteiger partial charge in [-0.15, -0.1) is 0 Å². The van der Waals surface area contributed by atoms with Crippen LogP contribution in [0, 0.1) is 0 Å². The molecule has 1 aromatic carbocycles. The Morgan fingerprint density at radius 3 is 2.53 bits per heavy atom. The molecule has 0 atom stereocenters. The van der Waals surface area contributed by atoms with Crippen LogP contribution in [0.2, 0.25) is 0 Å². The maximum Gasteiger partial charge on any atom is 0.380 e. The molecule has 1 N–H and O–H groups in total. The highest BCUT2D eigenvalue weighted by atomic mass is 79.9. The number of rotatable bonds is 2. The molecular formula is C13H11BrO3. The summed E-state index contributed by atoms with van der Waals surface area (Å²) in [6.07, 6.45) is 0.655. The van der Waals surface area contributed by atoms with Gasteiger partial charge in [0.15, 0.2) is 0 Å². The van der Waals surface area contributed by atoms with Gasteiger partial charge in [-0.05, 0) is 22.4 Å². The van der Waals surface area contributed by atoms with Gasteiger partial charge in [0.05, 0.1) is 4.47 Å². The quantitative estimate of drug-likeness (QED) is 0.924. The van der Waals surface area contributed by atoms with Crippen molar-refractivity contribution in [3.63, 3.8) is 0 Å². The van der Waals surface area contributed by atoms with Crippen LogP contribution in [0.5, 0.6) is 5.75 Å². The summed E-state index contributed by atoms with van der Waals surface area (Å²) < 4.78 is 5.57. The summed E-state index contributed by atoms with van der Waals surface area (Å²) in [4.78, 5) is 11.5. The molecule has 17 heavy (non-hydrogen) atoms. The van der Waals surface area contributed by atoms with Gasteiger partial charge in [0.2, 0.25) is 5.75 Å². The molecule has 0 saturated carbocycles. The predicted molar refractivity (Wildman–Crippen MR) is 69.2 cm³/mol. The van der Waals surface area contributed by atoms with Gasteiger partial charge in [0.25, 0.3) is 0 Å². The standard InChI is InChI=1S/C13H11BrO3/c1-2-9-10(14)11(15)13(16)17-12(9)8-6-4-3-5-7-8/h3-7,15H,2H2,1H3. The first kappa shape index (κ1) is 11.9. The number of aromatic hydroxyl groups is 1. The molecular weight excluding hydrogens is 284 g/mol. The third kappa shape index (κ3) is 2.13. The van der Waals surface area contributed by atoms with Crippen LogP contribution in [0.1, 0.15) is 12.5 Å². The van der Waals surface area contributed by atoms with E-state index in [9.17, 15) is 9.90 Å². The molecule has 4 heteroatoms. The molecule has 2 rings (SSSR count). The van der Waals surface area contributed by atoms with E-state index in [1.54, 1.807) is 0 Å². The highest BCUT2D eigenvalue weighted by Gasteiger charge is 2.16. The smallest absolute Gasteiger partial charge is 0.380 e. The van der Waals surface area contributed by atoms with E-state index < -0.39 is 5.63 Å². The van der Waals surface area contributed by atoms with E-state index in [1.807, 2.05) is 37.3 Å². The molecule has 1 aromatic heterocycles. The lowest BCUT2D eigenvalue weighted by atomic mass is 10.1. The molecule has 0 amide bonds. The SMILES string of the molecule is CCc1c(-c2ccccc2)oc(=O)c(O)c1Br. The average Bonchev–Trinajstić information content (AvgIpc) is 2.36. The predicted octanol–water partition coefficient (Wildman–Crippen LogP) is 3.34. The maximum absolute atomic E-state index is 11.5. The van der Waals surface area contributed by atoms with Crippen LogP contribution >= 0.6 is 15.9 Å². The fourth-order valence-electron chi connectivity index (χ4n) is 1.67. The number of hydrogen-bond acceptors (Lipinski definition) is 3. The first-order chi connectivity index (χ1) is 8.15. The lowest BCUT2D eigenvalue weighted by molar-refractivity contribution is 0.411. The van der Waals surface area contributed by atoms with Crippen molar-refractivity contribution < 1.29 is 9.52 Å². The summed E-state index contributed by atoms with van der Waals surface area (Å²) in [5, 5.41) is 9.54. The van der Waals surface area contributed by atoms with Gasteiger partial charge in [-0.2, -0.15) is 0 Å². The van der Waals surface area contributed by atoms with Crippen molar-refractivity contribution in [1.29, 1.82) is 0 Å². The van der Waals surface area contributed by atoms with Crippen LogP contribution in [0.3, 0.4) is 0 Å². The molecule has 0 aliphatic rings. The van der Waals surface area contributed by atoms with Crippen LogP contribution in [0.25, 0.3) is 11.3 Å². The van der Waals surface area contributed by atoms with E-state index in [1.165, 1.54) is 0 Å². The largest absolute Gasteiger partial charge is 0.501 e. The van der Waals surface area contributed by atoms with Gasteiger partial charge in [-0.3, -0.25) is 0 Å². The first-order valence-corrected chi connectivity index (χ1v) is 6.04. The monoisotopic (exact) mass is 294 g/mol. The topological polar surface area (TPSA) is 50.4 Å². The highest BCUT2D eigenvalue weighted by Crippen LogP contribution is 2.33. The molecule has 2 aromatic rings. The zero-order valence-corrected chi connectivity index (χ0v) is 10.8. The molecule has 0 fully saturated rings. The second-order valence-electron chi connectivity index (χ2n) is 3.58. The Morgan fingerprint density at radius 2 is 1.94 bits per heavy atom. The van der Waals surface area contributed by atoms with Crippen molar-refractivity contribution >= 4 is 15.9 Å². The zero-order valence-electron chi connectivity index (χ0n) is 9.24. The first-order valence-electron chi connectivity index (χ1n) is 5.25. The molecule has 3 nitrogen and oxygen atoms in total. The van der Waals surface area contributed by atoms with Gasteiger partial charge in [0, 0.05) is 11.1 Å². The minimum absolute atomic E-state index is 0.374. The molecule has 0 radical (unpaired) electrons. The van der Waals surface area contributed by atoms with E-state index in [0.29, 0.717) is 16.7 Å². The van der Waals surface area contributed by atoms with E-state index in [0.717, 1.165) is 11.1 Å². The third-order valence-electron chi connectivity index (χ3n) is 2.52. The minimum atomic E-state index is -0.729. The number of benzene rings is 1. The lowest BCUT2D eigenvalue weighted by Crippen LogP contribution is -2.03. The van der Waals surface area contributed by atoms with Crippen LogP contribution in [0.4, 0.5) is 0 Å². The molecule has 0 spiro atoms. The molecule has 0 aliphatic heterocycles. The van der Waals surface area contributed by atoms with Crippen LogP contribution in [-0.4, -0.2) is 5.11 Å². The normalized spacial score (nSPS) is 10.5. The van der Waals surface area contributed by atoms with Crippen molar-refractivity contribution in [2.45, 2.75) is 13.3 Å². The third-order valence-corrected chi connectivity index (χ3v) is 3.38. The van der Waals surface area contributed by atoms with Gasteiger partial charge < -0.3 is 9.52 Å². The summed E-state index contributed by atoms with van der Waals surface area (Å²) >= 11 is 3.23. The Bertz CT molecular complexity index is 588. The fraction of sp³-hybridized carbons (Fsp3) is 0.154. The van der Waals surface area contributed by atoms with E-state index in [2.05, 4.69) is 15.9 Å². The number of halogens is 1. The van der Waals surface area contributed by atoms with Gasteiger partial charge in [-0.25, -0.2) is 4.79 Å². The minimum Gasteiger partial charge on any atom is -0.501 e. The molecule has 1 heterocycles. The second kappa shape index (κ2) is 4.75. The highest BCUT2D eigenvalue weighted by molar-refractivity contribution is 9.10. The Balaban J connectivity index is 2.74. The summed E-state index contributed by atoms with van der Waals surface area (Å²) in [7, 11) is 0. The number of hydrogen-bond donors (Lipinski definition) is 1. The van der Waals surface area contributed by atoms with Crippen molar-refractivity contribution in [3.05, 3.63) is 50.8 Å². The summed E-state index contributed by atoms with van der Waals surface area (Å²) in [6, 6.07) is 9.36. The Morgan fingerprint density at radius 1 is 1.29 bits per heavy atom. The van der Waals surface area contributed by atoms with E-state index in [-0.39, 0.29) is 5.75 Å². The zero-order chi connectivity index (χ0) is 12.4. The van der Waals surface area contributed by atoms with Crippen molar-refractivity contribution in [2.75, 3.05) is 0 Å². The Kier molecular flexibility index (Phi) is 3.33. The van der Waals surface area contributed by atoms with Crippen molar-refractivity contribution in [2.24, 2.45) is 0 Å². The van der Waals surface area contributed by atoms with Gasteiger partial charge >= 0.3 is 5.63 Å². The van der Waals surface area contributed by atoms with Crippen LogP contribution in [-0.2, 0) is 6.42 Å². The maximum atomic E-state index is 11.5. The fourth-order valence-corrected chi connectivity index (χ4v) is 2.30. The Labute approximate surface area is 107 Å². The van der Waals surface area contributed by atoms with Gasteiger partial charge in [-0.1, -0.05) is 37.3 Å². The summed E-state index contributed by atoms with van der Waals surface area (Å²) in [6.45, 7) is 1.94. The summed E-state index contributed by atoms with van der Waals surface area (Å²) in [5.74, 6) is 0.129. The molecule has 0 aliphatic carbocycles. The molecule has 0 bridgehead atoms. The molecule has 0 unspecified atom stereocenters. The summed E-state index contributed by atoms with van der Waals surface area (Å²) in [5.41, 5.74) is 0.878. The van der Waals surface area contributed by atoms with Crippen LogP contribution < -0.4 is 5.63 Å². The van der Waals surface area contributed by atoms with Gasteiger partial charge in [0.1, 0.15) is 5.76 Å². The van der Waals surface area contributed by atoms with E-state index in [4.69, 9.17) is 4.42 Å². The van der Waals surface area contributed by atoms with Crippen molar-refractivity contribution in [1.82, 2.24) is 0 Å². The lowest BCUT2D eigenvalue weighted by Gasteiger charge is -2.09. The molecule has 0 saturated heterocycles. The Hall–Kier alpha value is -1.55. The second-order valence-corrected chi connectivity index (χ2v) is 4.37.